The number of aromatic nitrogens is 2. The van der Waals surface area contributed by atoms with Crippen LogP contribution in [0.5, 0.6) is 5.75 Å². The van der Waals surface area contributed by atoms with Gasteiger partial charge in [0.05, 0.1) is 0 Å². The van der Waals surface area contributed by atoms with Crippen LogP contribution in [0.2, 0.25) is 0 Å². The van der Waals surface area contributed by atoms with E-state index >= 15 is 0 Å². The first kappa shape index (κ1) is 14.6. The van der Waals surface area contributed by atoms with Crippen molar-refractivity contribution in [1.82, 2.24) is 9.13 Å². The molecule has 0 radical (unpaired) electrons. The minimum atomic E-state index is -0.584. The van der Waals surface area contributed by atoms with Gasteiger partial charge >= 0.3 is 5.69 Å². The van der Waals surface area contributed by atoms with Crippen molar-refractivity contribution in [2.45, 2.75) is 6.92 Å². The normalized spacial score (nSPS) is 11.2. The molecular weight excluding hydrogens is 272 g/mol. The number of aliphatic imine (C=N–C) groups is 1. The second-order valence-corrected chi connectivity index (χ2v) is 4.76. The van der Waals surface area contributed by atoms with Crippen LogP contribution in [0.3, 0.4) is 0 Å². The van der Waals surface area contributed by atoms with Crippen molar-refractivity contribution in [2.24, 2.45) is 19.1 Å². The number of rotatable bonds is 2. The lowest BCUT2D eigenvalue weighted by Crippen LogP contribution is -2.37. The van der Waals surface area contributed by atoms with Gasteiger partial charge in [-0.3, -0.25) is 13.9 Å². The molecule has 0 amide bonds. The molecule has 2 rings (SSSR count). The highest BCUT2D eigenvalue weighted by Crippen LogP contribution is 2.18. The van der Waals surface area contributed by atoms with Crippen LogP contribution in [0.25, 0.3) is 0 Å². The van der Waals surface area contributed by atoms with Gasteiger partial charge in [-0.25, -0.2) is 9.79 Å². The minimum absolute atomic E-state index is 0.0218. The highest BCUT2D eigenvalue weighted by atomic mass is 16.3. The fourth-order valence-electron chi connectivity index (χ4n) is 1.87. The Kier molecular flexibility index (Phi) is 3.66. The zero-order chi connectivity index (χ0) is 15.7. The third-order valence-corrected chi connectivity index (χ3v) is 3.20. The first-order valence-electron chi connectivity index (χ1n) is 6.22. The summed E-state index contributed by atoms with van der Waals surface area (Å²) in [5, 5.41) is 9.74. The Bertz CT molecular complexity index is 847. The van der Waals surface area contributed by atoms with Crippen molar-refractivity contribution in [3.8, 4) is 5.75 Å². The molecule has 0 unspecified atom stereocenters. The van der Waals surface area contributed by atoms with Gasteiger partial charge in [0.2, 0.25) is 0 Å². The Balaban J connectivity index is 2.59. The lowest BCUT2D eigenvalue weighted by Gasteiger charge is -2.08. The second-order valence-electron chi connectivity index (χ2n) is 4.76. The molecule has 0 atom stereocenters. The van der Waals surface area contributed by atoms with Gasteiger partial charge in [0.15, 0.2) is 5.69 Å². The van der Waals surface area contributed by atoms with E-state index in [0.29, 0.717) is 5.56 Å². The Labute approximate surface area is 120 Å². The fourth-order valence-corrected chi connectivity index (χ4v) is 1.87. The maximum absolute atomic E-state index is 12.0. The summed E-state index contributed by atoms with van der Waals surface area (Å²) >= 11 is 0. The van der Waals surface area contributed by atoms with Gasteiger partial charge in [-0.15, -0.1) is 0 Å². The van der Waals surface area contributed by atoms with Crippen LogP contribution in [-0.2, 0) is 14.1 Å². The molecule has 7 nitrogen and oxygen atoms in total. The molecule has 0 saturated heterocycles. The van der Waals surface area contributed by atoms with Crippen LogP contribution in [0.1, 0.15) is 11.1 Å². The standard InChI is InChI=1S/C14H16N4O3/c1-8-4-5-10(19)9(6-8)7-16-11-12(15)17(2)14(21)18(3)13(11)20/h4-7,19H,15H2,1-3H3. The van der Waals surface area contributed by atoms with Gasteiger partial charge in [0.1, 0.15) is 11.6 Å². The molecule has 1 heterocycles. The first-order valence-corrected chi connectivity index (χ1v) is 6.22. The molecule has 0 bridgehead atoms. The number of anilines is 1. The highest BCUT2D eigenvalue weighted by molar-refractivity contribution is 5.86. The van der Waals surface area contributed by atoms with E-state index in [9.17, 15) is 14.7 Å². The summed E-state index contributed by atoms with van der Waals surface area (Å²) in [5.74, 6) is 0.0241. The number of nitrogen functional groups attached to an aromatic ring is 1. The number of hydrogen-bond donors (Lipinski definition) is 2. The van der Waals surface area contributed by atoms with Gasteiger partial charge in [-0.05, 0) is 19.1 Å². The zero-order valence-electron chi connectivity index (χ0n) is 12.0. The number of benzene rings is 1. The SMILES string of the molecule is Cc1ccc(O)c(C=Nc2c(N)n(C)c(=O)n(C)c2=O)c1. The van der Waals surface area contributed by atoms with Crippen LogP contribution in [0.4, 0.5) is 11.5 Å². The molecule has 0 aliphatic carbocycles. The number of nitrogens with two attached hydrogens (primary N) is 1. The van der Waals surface area contributed by atoms with E-state index in [0.717, 1.165) is 14.7 Å². The fraction of sp³-hybridized carbons (Fsp3) is 0.214. The Morgan fingerprint density at radius 2 is 1.90 bits per heavy atom. The third kappa shape index (κ3) is 2.58. The summed E-state index contributed by atoms with van der Waals surface area (Å²) in [7, 11) is 2.81. The number of aromatic hydroxyl groups is 1. The Hall–Kier alpha value is -2.83. The number of nitrogens with zero attached hydrogens (tertiary/aromatic N) is 3. The molecule has 7 heteroatoms. The number of hydrogen-bond acceptors (Lipinski definition) is 5. The monoisotopic (exact) mass is 288 g/mol. The lowest BCUT2D eigenvalue weighted by molar-refractivity contribution is 0.474. The summed E-state index contributed by atoms with van der Waals surface area (Å²) in [6.45, 7) is 1.87. The van der Waals surface area contributed by atoms with E-state index < -0.39 is 11.2 Å². The second kappa shape index (κ2) is 5.28. The van der Waals surface area contributed by atoms with Gasteiger partial charge < -0.3 is 10.8 Å². The maximum Gasteiger partial charge on any atom is 0.332 e. The molecule has 110 valence electrons. The van der Waals surface area contributed by atoms with Crippen LogP contribution in [0, 0.1) is 6.92 Å². The predicted molar refractivity (Wildman–Crippen MR) is 81.4 cm³/mol. The van der Waals surface area contributed by atoms with E-state index in [1.54, 1.807) is 18.2 Å². The van der Waals surface area contributed by atoms with Crippen LogP contribution < -0.4 is 17.0 Å². The average Bonchev–Trinajstić information content (AvgIpc) is 2.46. The predicted octanol–water partition coefficient (Wildman–Crippen LogP) is 0.431. The van der Waals surface area contributed by atoms with Crippen molar-refractivity contribution >= 4 is 17.7 Å². The van der Waals surface area contributed by atoms with Crippen LogP contribution in [-0.4, -0.2) is 20.5 Å². The van der Waals surface area contributed by atoms with E-state index in [2.05, 4.69) is 4.99 Å². The van der Waals surface area contributed by atoms with Crippen molar-refractivity contribution in [3.05, 3.63) is 50.2 Å². The largest absolute Gasteiger partial charge is 0.507 e. The molecule has 0 saturated carbocycles. The lowest BCUT2D eigenvalue weighted by atomic mass is 10.1. The van der Waals surface area contributed by atoms with Crippen LogP contribution >= 0.6 is 0 Å². The molecule has 0 spiro atoms. The first-order chi connectivity index (χ1) is 9.82. The Morgan fingerprint density at radius 1 is 1.24 bits per heavy atom. The average molecular weight is 288 g/mol. The van der Waals surface area contributed by atoms with Gasteiger partial charge in [0, 0.05) is 25.9 Å². The Morgan fingerprint density at radius 3 is 2.57 bits per heavy atom. The summed E-state index contributed by atoms with van der Waals surface area (Å²) in [6, 6.07) is 5.02. The molecular formula is C14H16N4O3. The molecule has 0 fully saturated rings. The van der Waals surface area contributed by atoms with E-state index in [1.165, 1.54) is 20.3 Å². The van der Waals surface area contributed by atoms with E-state index in [-0.39, 0.29) is 17.3 Å². The molecule has 21 heavy (non-hydrogen) atoms. The number of phenols is 1. The third-order valence-electron chi connectivity index (χ3n) is 3.20. The summed E-state index contributed by atoms with van der Waals surface area (Å²) in [5.41, 5.74) is 6.02. The quantitative estimate of drug-likeness (QED) is 0.782. The zero-order valence-corrected chi connectivity index (χ0v) is 12.0. The smallest absolute Gasteiger partial charge is 0.332 e. The highest BCUT2D eigenvalue weighted by Gasteiger charge is 2.11. The molecule has 0 aliphatic rings. The molecule has 1 aromatic heterocycles. The number of aryl methyl sites for hydroxylation is 1. The van der Waals surface area contributed by atoms with Gasteiger partial charge in [0.25, 0.3) is 5.56 Å². The van der Waals surface area contributed by atoms with Crippen LogP contribution in [0.15, 0.2) is 32.8 Å². The van der Waals surface area contributed by atoms with Crippen molar-refractivity contribution in [1.29, 1.82) is 0 Å². The topological polar surface area (TPSA) is 103 Å². The molecule has 0 aliphatic heterocycles. The molecule has 3 N–H and O–H groups in total. The van der Waals surface area contributed by atoms with E-state index in [4.69, 9.17) is 5.73 Å². The summed E-state index contributed by atoms with van der Waals surface area (Å²) in [4.78, 5) is 27.8. The molecule has 2 aromatic rings. The maximum atomic E-state index is 12.0. The van der Waals surface area contributed by atoms with Crippen molar-refractivity contribution in [2.75, 3.05) is 5.73 Å². The summed E-state index contributed by atoms with van der Waals surface area (Å²) < 4.78 is 2.07. The van der Waals surface area contributed by atoms with E-state index in [1.807, 2.05) is 6.92 Å². The minimum Gasteiger partial charge on any atom is -0.507 e. The van der Waals surface area contributed by atoms with Crippen molar-refractivity contribution < 1.29 is 5.11 Å². The van der Waals surface area contributed by atoms with Crippen molar-refractivity contribution in [3.63, 3.8) is 0 Å². The molecule has 1 aromatic carbocycles. The van der Waals surface area contributed by atoms with Gasteiger partial charge in [-0.2, -0.15) is 0 Å². The van der Waals surface area contributed by atoms with Gasteiger partial charge in [-0.1, -0.05) is 11.6 Å². The summed E-state index contributed by atoms with van der Waals surface area (Å²) in [6.07, 6.45) is 1.35. The number of phenolic OH excluding ortho intramolecular Hbond substituents is 1.